The molecule has 0 radical (unpaired) electrons. The van der Waals surface area contributed by atoms with Crippen molar-refractivity contribution in [3.8, 4) is 0 Å². The van der Waals surface area contributed by atoms with Gasteiger partial charge in [0.15, 0.2) is 0 Å². The van der Waals surface area contributed by atoms with Gasteiger partial charge >= 0.3 is 12.4 Å². The van der Waals surface area contributed by atoms with Crippen LogP contribution in [-0.4, -0.2) is 15.7 Å². The fourth-order valence-corrected chi connectivity index (χ4v) is 3.48. The zero-order valence-corrected chi connectivity index (χ0v) is 13.8. The lowest BCUT2D eigenvalue weighted by molar-refractivity contribution is -0.140. The predicted octanol–water partition coefficient (Wildman–Crippen LogP) is 4.93. The van der Waals surface area contributed by atoms with Crippen LogP contribution in [0.3, 0.4) is 0 Å². The number of aryl methyl sites for hydroxylation is 1. The highest BCUT2D eigenvalue weighted by molar-refractivity contribution is 6.09. The van der Waals surface area contributed by atoms with Crippen LogP contribution in [0.5, 0.6) is 0 Å². The second kappa shape index (κ2) is 5.78. The number of alkyl halides is 6. The van der Waals surface area contributed by atoms with Crippen LogP contribution in [0, 0.1) is 6.92 Å². The summed E-state index contributed by atoms with van der Waals surface area (Å²) in [6.07, 6.45) is -9.11. The van der Waals surface area contributed by atoms with E-state index >= 15 is 0 Å². The number of aromatic amines is 1. The van der Waals surface area contributed by atoms with Crippen LogP contribution in [0.2, 0.25) is 0 Å². The minimum Gasteiger partial charge on any atom is -0.335 e. The van der Waals surface area contributed by atoms with Crippen molar-refractivity contribution in [1.29, 1.82) is 0 Å². The van der Waals surface area contributed by atoms with Crippen LogP contribution in [0.4, 0.5) is 26.3 Å². The molecule has 0 spiro atoms. The molecular weight excluding hydrogens is 362 g/mol. The molecule has 1 N–H and O–H groups in total. The molecule has 0 amide bonds. The number of hydrogen-bond acceptors (Lipinski definition) is 1. The van der Waals surface area contributed by atoms with E-state index in [1.165, 1.54) is 19.1 Å². The van der Waals surface area contributed by atoms with Gasteiger partial charge in [0.1, 0.15) is 6.54 Å². The Morgan fingerprint density at radius 3 is 2.27 bits per heavy atom. The van der Waals surface area contributed by atoms with E-state index in [-0.39, 0.29) is 28.2 Å². The van der Waals surface area contributed by atoms with E-state index < -0.39 is 30.0 Å². The highest BCUT2D eigenvalue weighted by Crippen LogP contribution is 2.40. The van der Waals surface area contributed by atoms with Crippen molar-refractivity contribution < 1.29 is 26.3 Å². The topological polar surface area (TPSA) is 37.8 Å². The standard InChI is InChI=1S/C17H14F6N2O/c1-3-11-8(2)14-12(25(11)7-16(18,19)20)5-4-10-15(14)9(17(21,22)23)6-13(26)24-10/h4-6H,3,7H2,1-2H3,(H,24,26). The number of halogens is 6. The smallest absolute Gasteiger partial charge is 0.335 e. The largest absolute Gasteiger partial charge is 0.417 e. The second-order valence-electron chi connectivity index (χ2n) is 6.05. The summed E-state index contributed by atoms with van der Waals surface area (Å²) in [4.78, 5) is 13.9. The third-order valence-electron chi connectivity index (χ3n) is 4.39. The average Bonchev–Trinajstić information content (AvgIpc) is 2.75. The van der Waals surface area contributed by atoms with Gasteiger partial charge in [0.05, 0.1) is 5.56 Å². The van der Waals surface area contributed by atoms with Gasteiger partial charge in [0.25, 0.3) is 0 Å². The fraction of sp³-hybridized carbons (Fsp3) is 0.353. The van der Waals surface area contributed by atoms with Crippen LogP contribution in [0.1, 0.15) is 23.7 Å². The van der Waals surface area contributed by atoms with E-state index in [2.05, 4.69) is 4.98 Å². The number of nitrogens with one attached hydrogen (secondary N) is 1. The minimum absolute atomic E-state index is 0.0572. The molecule has 9 heteroatoms. The summed E-state index contributed by atoms with van der Waals surface area (Å²) in [5, 5.41) is -0.213. The molecule has 140 valence electrons. The molecule has 0 bridgehead atoms. The first-order valence-electron chi connectivity index (χ1n) is 7.75. The maximum Gasteiger partial charge on any atom is 0.417 e. The summed E-state index contributed by atoms with van der Waals surface area (Å²) in [7, 11) is 0. The van der Waals surface area contributed by atoms with Crippen LogP contribution in [-0.2, 0) is 19.1 Å². The summed E-state index contributed by atoms with van der Waals surface area (Å²) >= 11 is 0. The van der Waals surface area contributed by atoms with Crippen molar-refractivity contribution in [1.82, 2.24) is 9.55 Å². The summed E-state index contributed by atoms with van der Waals surface area (Å²) in [6, 6.07) is 2.96. The second-order valence-corrected chi connectivity index (χ2v) is 6.05. The van der Waals surface area contributed by atoms with Crippen LogP contribution in [0.15, 0.2) is 23.0 Å². The third kappa shape index (κ3) is 2.95. The summed E-state index contributed by atoms with van der Waals surface area (Å²) in [5.41, 5.74) is -1.43. The molecule has 3 nitrogen and oxygen atoms in total. The van der Waals surface area contributed by atoms with Gasteiger partial charge in [-0.05, 0) is 31.0 Å². The Morgan fingerprint density at radius 1 is 1.08 bits per heavy atom. The predicted molar refractivity (Wildman–Crippen MR) is 85.2 cm³/mol. The molecule has 2 heterocycles. The lowest BCUT2D eigenvalue weighted by Crippen LogP contribution is -2.19. The van der Waals surface area contributed by atoms with Crippen molar-refractivity contribution in [2.24, 2.45) is 0 Å². The Labute approximate surface area is 143 Å². The van der Waals surface area contributed by atoms with E-state index in [4.69, 9.17) is 0 Å². The number of rotatable bonds is 2. The first kappa shape index (κ1) is 18.3. The Morgan fingerprint density at radius 2 is 1.73 bits per heavy atom. The number of benzene rings is 1. The Hall–Kier alpha value is -2.45. The monoisotopic (exact) mass is 376 g/mol. The molecule has 0 saturated heterocycles. The molecule has 0 aliphatic carbocycles. The Bertz CT molecular complexity index is 1060. The zero-order chi connectivity index (χ0) is 19.4. The fourth-order valence-electron chi connectivity index (χ4n) is 3.48. The molecule has 0 aliphatic heterocycles. The third-order valence-corrected chi connectivity index (χ3v) is 4.39. The number of fused-ring (bicyclic) bond motifs is 3. The minimum atomic E-state index is -4.81. The van der Waals surface area contributed by atoms with Crippen LogP contribution < -0.4 is 5.56 Å². The molecule has 1 aromatic carbocycles. The number of nitrogens with zero attached hydrogens (tertiary/aromatic N) is 1. The van der Waals surface area contributed by atoms with Gasteiger partial charge < -0.3 is 9.55 Å². The number of H-pyrrole nitrogens is 1. The van der Waals surface area contributed by atoms with Crippen LogP contribution in [0.25, 0.3) is 21.8 Å². The zero-order valence-electron chi connectivity index (χ0n) is 13.8. The maximum atomic E-state index is 13.5. The average molecular weight is 376 g/mol. The van der Waals surface area contributed by atoms with Crippen molar-refractivity contribution >= 4 is 21.8 Å². The first-order chi connectivity index (χ1) is 11.9. The molecule has 0 saturated carbocycles. The lowest BCUT2D eigenvalue weighted by atomic mass is 10.0. The summed E-state index contributed by atoms with van der Waals surface area (Å²) in [6.45, 7) is 1.85. The summed E-state index contributed by atoms with van der Waals surface area (Å²) in [5.74, 6) is 0. The van der Waals surface area contributed by atoms with Crippen molar-refractivity contribution in [2.45, 2.75) is 39.2 Å². The quantitative estimate of drug-likeness (QED) is 0.633. The van der Waals surface area contributed by atoms with Gasteiger partial charge in [-0.3, -0.25) is 4.79 Å². The molecule has 0 unspecified atom stereocenters. The molecule has 26 heavy (non-hydrogen) atoms. The molecular formula is C17H14F6N2O. The van der Waals surface area contributed by atoms with E-state index in [0.29, 0.717) is 17.3 Å². The highest BCUT2D eigenvalue weighted by atomic mass is 19.4. The van der Waals surface area contributed by atoms with Crippen molar-refractivity contribution in [2.75, 3.05) is 0 Å². The summed E-state index contributed by atoms with van der Waals surface area (Å²) < 4.78 is 80.4. The van der Waals surface area contributed by atoms with Gasteiger partial charge in [-0.25, -0.2) is 0 Å². The number of hydrogen-bond donors (Lipinski definition) is 1. The van der Waals surface area contributed by atoms with Gasteiger partial charge in [-0.2, -0.15) is 26.3 Å². The van der Waals surface area contributed by atoms with Crippen molar-refractivity contribution in [3.05, 3.63) is 45.4 Å². The van der Waals surface area contributed by atoms with Crippen molar-refractivity contribution in [3.63, 3.8) is 0 Å². The number of aromatic nitrogens is 2. The molecule has 0 atom stereocenters. The van der Waals surface area contributed by atoms with E-state index in [1.807, 2.05) is 0 Å². The highest BCUT2D eigenvalue weighted by Gasteiger charge is 2.36. The van der Waals surface area contributed by atoms with Crippen LogP contribution >= 0.6 is 0 Å². The Kier molecular flexibility index (Phi) is 4.08. The molecule has 3 aromatic rings. The molecule has 0 aliphatic rings. The van der Waals surface area contributed by atoms with Gasteiger partial charge in [0.2, 0.25) is 5.56 Å². The van der Waals surface area contributed by atoms with E-state index in [1.54, 1.807) is 6.92 Å². The first-order valence-corrected chi connectivity index (χ1v) is 7.75. The Balaban J connectivity index is 2.53. The maximum absolute atomic E-state index is 13.5. The van der Waals surface area contributed by atoms with E-state index in [9.17, 15) is 31.1 Å². The van der Waals surface area contributed by atoms with E-state index in [0.717, 1.165) is 4.57 Å². The van der Waals surface area contributed by atoms with Gasteiger partial charge in [0, 0.05) is 33.6 Å². The lowest BCUT2D eigenvalue weighted by Gasteiger charge is -2.14. The normalized spacial score (nSPS) is 13.1. The molecule has 0 fully saturated rings. The molecule has 2 aromatic heterocycles. The van der Waals surface area contributed by atoms with Gasteiger partial charge in [-0.15, -0.1) is 0 Å². The SMILES string of the molecule is CCc1c(C)c2c3c(C(F)(F)F)cc(=O)[nH]c3ccc2n1CC(F)(F)F. The van der Waals surface area contributed by atoms with Gasteiger partial charge in [-0.1, -0.05) is 6.92 Å². The number of pyridine rings is 1. The molecule has 3 rings (SSSR count).